The zero-order valence-electron chi connectivity index (χ0n) is 20.6. The maximum Gasteiger partial charge on any atom is 0.296 e. The van der Waals surface area contributed by atoms with Crippen molar-refractivity contribution in [3.8, 4) is 11.8 Å². The molecule has 3 heterocycles. The lowest BCUT2D eigenvalue weighted by Crippen LogP contribution is -2.29. The Bertz CT molecular complexity index is 1570. The molecule has 11 nitrogen and oxygen atoms in total. The van der Waals surface area contributed by atoms with Crippen molar-refractivity contribution >= 4 is 11.6 Å². The average molecular weight is 506 g/mol. The highest BCUT2D eigenvalue weighted by Crippen LogP contribution is 2.40. The van der Waals surface area contributed by atoms with Crippen LogP contribution in [-0.2, 0) is 13.6 Å². The number of carbonyl (C=O) groups excluding carboxylic acids is 1. The van der Waals surface area contributed by atoms with Crippen molar-refractivity contribution in [2.75, 3.05) is 5.32 Å². The molecule has 0 unspecified atom stereocenters. The number of aromatic nitrogens is 5. The van der Waals surface area contributed by atoms with Crippen LogP contribution < -0.4 is 10.9 Å². The van der Waals surface area contributed by atoms with Crippen molar-refractivity contribution in [1.29, 1.82) is 5.26 Å². The van der Waals surface area contributed by atoms with E-state index in [0.29, 0.717) is 12.1 Å². The third kappa shape index (κ3) is 4.58. The van der Waals surface area contributed by atoms with Gasteiger partial charge in [0.15, 0.2) is 5.69 Å². The molecule has 0 saturated heterocycles. The Morgan fingerprint density at radius 1 is 1.32 bits per heavy atom. The minimum atomic E-state index is -0.835. The molecule has 0 aliphatic heterocycles. The number of anilines is 1. The minimum Gasteiger partial charge on any atom is -0.501 e. The van der Waals surface area contributed by atoms with Crippen LogP contribution >= 0.6 is 0 Å². The second-order valence-corrected chi connectivity index (χ2v) is 8.51. The SMILES string of the molecule is CCn1ncc([C@H](c2ccc(F)cc2C#N)[C@@H](C)c2nc(C(=O)Nc3cnoc3)c(O)c(=O)n2C)c1C. The highest BCUT2D eigenvalue weighted by molar-refractivity contribution is 6.04. The highest BCUT2D eigenvalue weighted by atomic mass is 19.1. The lowest BCUT2D eigenvalue weighted by atomic mass is 9.79. The Labute approximate surface area is 210 Å². The fraction of sp³-hybridized carbons (Fsp3) is 0.280. The van der Waals surface area contributed by atoms with Crippen LogP contribution in [0.25, 0.3) is 0 Å². The van der Waals surface area contributed by atoms with Gasteiger partial charge < -0.3 is 14.9 Å². The van der Waals surface area contributed by atoms with Gasteiger partial charge in [0, 0.05) is 36.7 Å². The van der Waals surface area contributed by atoms with E-state index in [1.54, 1.807) is 17.8 Å². The molecule has 4 aromatic rings. The molecule has 0 saturated carbocycles. The predicted octanol–water partition coefficient (Wildman–Crippen LogP) is 3.20. The summed E-state index contributed by atoms with van der Waals surface area (Å²) in [5, 5.41) is 30.6. The van der Waals surface area contributed by atoms with Gasteiger partial charge in [-0.15, -0.1) is 0 Å². The third-order valence-corrected chi connectivity index (χ3v) is 6.36. The fourth-order valence-electron chi connectivity index (χ4n) is 4.47. The molecule has 2 N–H and O–H groups in total. The summed E-state index contributed by atoms with van der Waals surface area (Å²) in [7, 11) is 1.43. The molecule has 2 atom stereocenters. The summed E-state index contributed by atoms with van der Waals surface area (Å²) in [5.41, 5.74) is 1.10. The molecule has 0 aliphatic rings. The van der Waals surface area contributed by atoms with Crippen LogP contribution in [0.15, 0.2) is 46.2 Å². The number of amides is 1. The number of benzene rings is 1. The summed E-state index contributed by atoms with van der Waals surface area (Å²) in [6.45, 7) is 6.19. The Morgan fingerprint density at radius 2 is 2.08 bits per heavy atom. The van der Waals surface area contributed by atoms with Crippen LogP contribution in [-0.4, -0.2) is 35.5 Å². The lowest BCUT2D eigenvalue weighted by molar-refractivity contribution is 0.101. The Balaban J connectivity index is 1.90. The first-order chi connectivity index (χ1) is 17.7. The van der Waals surface area contributed by atoms with Crippen molar-refractivity contribution in [1.82, 2.24) is 24.5 Å². The topological polar surface area (TPSA) is 152 Å². The van der Waals surface area contributed by atoms with Crippen LogP contribution in [0.4, 0.5) is 10.1 Å². The molecule has 0 radical (unpaired) electrons. The van der Waals surface area contributed by atoms with Crippen molar-refractivity contribution in [2.24, 2.45) is 7.05 Å². The number of aromatic hydroxyl groups is 1. The molecular weight excluding hydrogens is 481 g/mol. The molecule has 1 aromatic carbocycles. The van der Waals surface area contributed by atoms with E-state index in [1.165, 1.54) is 31.6 Å². The van der Waals surface area contributed by atoms with E-state index in [1.807, 2.05) is 19.9 Å². The number of nitrogens with one attached hydrogen (secondary N) is 1. The molecule has 0 fully saturated rings. The second-order valence-electron chi connectivity index (χ2n) is 8.51. The summed E-state index contributed by atoms with van der Waals surface area (Å²) >= 11 is 0. The quantitative estimate of drug-likeness (QED) is 0.388. The normalized spacial score (nSPS) is 12.6. The van der Waals surface area contributed by atoms with Crippen molar-refractivity contribution in [2.45, 2.75) is 39.2 Å². The molecule has 3 aromatic heterocycles. The number of carbonyl (C=O) groups is 1. The fourth-order valence-corrected chi connectivity index (χ4v) is 4.47. The molecule has 37 heavy (non-hydrogen) atoms. The van der Waals surface area contributed by atoms with Gasteiger partial charge in [-0.1, -0.05) is 18.1 Å². The van der Waals surface area contributed by atoms with Gasteiger partial charge in [0.25, 0.3) is 11.5 Å². The first kappa shape index (κ1) is 25.3. The van der Waals surface area contributed by atoms with E-state index >= 15 is 0 Å². The first-order valence-corrected chi connectivity index (χ1v) is 11.4. The average Bonchev–Trinajstić information content (AvgIpc) is 3.53. The Morgan fingerprint density at radius 3 is 2.70 bits per heavy atom. The third-order valence-electron chi connectivity index (χ3n) is 6.36. The number of rotatable bonds is 7. The van der Waals surface area contributed by atoms with Gasteiger partial charge in [-0.25, -0.2) is 9.37 Å². The van der Waals surface area contributed by atoms with Gasteiger partial charge in [0.05, 0.1) is 24.0 Å². The van der Waals surface area contributed by atoms with Gasteiger partial charge >= 0.3 is 0 Å². The molecule has 0 aliphatic carbocycles. The van der Waals surface area contributed by atoms with E-state index in [4.69, 9.17) is 4.52 Å². The maximum atomic E-state index is 14.0. The predicted molar refractivity (Wildman–Crippen MR) is 130 cm³/mol. The maximum absolute atomic E-state index is 14.0. The smallest absolute Gasteiger partial charge is 0.296 e. The van der Waals surface area contributed by atoms with E-state index in [0.717, 1.165) is 21.9 Å². The van der Waals surface area contributed by atoms with Gasteiger partial charge in [-0.3, -0.25) is 18.8 Å². The van der Waals surface area contributed by atoms with Crippen molar-refractivity contribution in [3.63, 3.8) is 0 Å². The van der Waals surface area contributed by atoms with Crippen LogP contribution in [0, 0.1) is 24.1 Å². The second kappa shape index (κ2) is 10.1. The minimum absolute atomic E-state index is 0.120. The zero-order chi connectivity index (χ0) is 26.9. The monoisotopic (exact) mass is 505 g/mol. The summed E-state index contributed by atoms with van der Waals surface area (Å²) in [6, 6.07) is 5.98. The van der Waals surface area contributed by atoms with Crippen molar-refractivity contribution in [3.05, 3.63) is 86.9 Å². The van der Waals surface area contributed by atoms with Crippen LogP contribution in [0.3, 0.4) is 0 Å². The number of hydrogen-bond acceptors (Lipinski definition) is 8. The molecule has 190 valence electrons. The molecule has 0 spiro atoms. The molecule has 0 bridgehead atoms. The van der Waals surface area contributed by atoms with Gasteiger partial charge in [0.2, 0.25) is 5.75 Å². The summed E-state index contributed by atoms with van der Waals surface area (Å²) in [4.78, 5) is 30.2. The summed E-state index contributed by atoms with van der Waals surface area (Å²) in [5.74, 6) is -3.26. The Kier molecular flexibility index (Phi) is 6.88. The Hall–Kier alpha value is -4.79. The van der Waals surface area contributed by atoms with E-state index in [2.05, 4.69) is 20.6 Å². The van der Waals surface area contributed by atoms with E-state index in [9.17, 15) is 24.3 Å². The number of hydrogen-bond donors (Lipinski definition) is 2. The summed E-state index contributed by atoms with van der Waals surface area (Å²) in [6.07, 6.45) is 4.10. The van der Waals surface area contributed by atoms with Gasteiger partial charge in [-0.2, -0.15) is 10.4 Å². The first-order valence-electron chi connectivity index (χ1n) is 11.4. The number of nitrogens with zero attached hydrogens (tertiary/aromatic N) is 6. The van der Waals surface area contributed by atoms with Crippen LogP contribution in [0.2, 0.25) is 0 Å². The zero-order valence-corrected chi connectivity index (χ0v) is 20.6. The van der Waals surface area contributed by atoms with E-state index in [-0.39, 0.29) is 17.1 Å². The largest absolute Gasteiger partial charge is 0.501 e. The lowest BCUT2D eigenvalue weighted by Gasteiger charge is -2.27. The van der Waals surface area contributed by atoms with Crippen molar-refractivity contribution < 1.29 is 18.8 Å². The van der Waals surface area contributed by atoms with Gasteiger partial charge in [-0.05, 0) is 31.5 Å². The van der Waals surface area contributed by atoms with Gasteiger partial charge in [0.1, 0.15) is 23.6 Å². The summed E-state index contributed by atoms with van der Waals surface area (Å²) < 4.78 is 21.6. The highest BCUT2D eigenvalue weighted by Gasteiger charge is 2.32. The number of halogens is 1. The number of nitriles is 1. The standard InChI is InChI=1S/C25H24FN7O4/c1-5-33-14(3)19(11-28-33)20(18-7-6-16(26)8-15(18)9-27)13(2)23-31-21(22(34)25(36)32(23)4)24(35)30-17-10-29-37-12-17/h6-8,10-13,20,34H,5H2,1-4H3,(H,30,35)/t13-,20+/m1/s1. The molecule has 4 rings (SSSR count). The van der Waals surface area contributed by atoms with E-state index < -0.39 is 40.6 Å². The molecule has 1 amide bonds. The van der Waals surface area contributed by atoms with Crippen LogP contribution in [0.1, 0.15) is 64.4 Å². The number of aryl methyl sites for hydroxylation is 1. The van der Waals surface area contributed by atoms with Crippen LogP contribution in [0.5, 0.6) is 5.75 Å². The molecule has 12 heteroatoms. The molecular formula is C25H24FN7O4.